The first-order chi connectivity index (χ1) is 11.6. The number of carbonyl (C=O) groups excluding carboxylic acids is 2. The van der Waals surface area contributed by atoms with Crippen LogP contribution in [0.25, 0.3) is 0 Å². The number of carbonyl (C=O) groups is 2. The van der Waals surface area contributed by atoms with Crippen LogP contribution in [0, 0.1) is 18.8 Å². The van der Waals surface area contributed by atoms with Crippen LogP contribution in [0.2, 0.25) is 0 Å². The number of hydrogen-bond donors (Lipinski definition) is 0. The van der Waals surface area contributed by atoms with Crippen LogP contribution in [-0.4, -0.2) is 70.3 Å². The highest BCUT2D eigenvalue weighted by atomic mass is 32.1. The standard InChI is InChI=1S/C15H20N4O4S/c1-9-13(16-17-24-9)15(21)18-6-10-11(8-22-12(10)7-18)14(20)19-4-2-3-5-23-19/h10-12H,2-8H2,1H3/t10-,11+,12-/m1/s1. The van der Waals surface area contributed by atoms with Gasteiger partial charge in [0.1, 0.15) is 0 Å². The number of nitrogens with zero attached hydrogens (tertiary/aromatic N) is 4. The van der Waals surface area contributed by atoms with E-state index in [1.165, 1.54) is 16.6 Å². The van der Waals surface area contributed by atoms with Gasteiger partial charge in [0.25, 0.3) is 11.8 Å². The number of aryl methyl sites for hydroxylation is 1. The minimum absolute atomic E-state index is 0.0111. The van der Waals surface area contributed by atoms with Crippen LogP contribution in [0.4, 0.5) is 0 Å². The van der Waals surface area contributed by atoms with E-state index in [9.17, 15) is 9.59 Å². The lowest BCUT2D eigenvalue weighted by Crippen LogP contribution is -2.43. The molecule has 130 valence electrons. The Morgan fingerprint density at radius 3 is 2.88 bits per heavy atom. The maximum absolute atomic E-state index is 12.7. The summed E-state index contributed by atoms with van der Waals surface area (Å²) in [5.41, 5.74) is 0.405. The van der Waals surface area contributed by atoms with Gasteiger partial charge in [-0.05, 0) is 31.3 Å². The summed E-state index contributed by atoms with van der Waals surface area (Å²) in [7, 11) is 0. The molecule has 9 heteroatoms. The number of ether oxygens (including phenoxy) is 1. The number of aromatic nitrogens is 2. The molecule has 2 amide bonds. The topological polar surface area (TPSA) is 84.9 Å². The van der Waals surface area contributed by atoms with Gasteiger partial charge in [0.2, 0.25) is 0 Å². The van der Waals surface area contributed by atoms with Gasteiger partial charge in [-0.2, -0.15) is 0 Å². The van der Waals surface area contributed by atoms with Crippen LogP contribution in [0.15, 0.2) is 0 Å². The molecule has 24 heavy (non-hydrogen) atoms. The number of fused-ring (bicyclic) bond motifs is 1. The molecule has 0 aliphatic carbocycles. The minimum atomic E-state index is -0.236. The zero-order chi connectivity index (χ0) is 16.7. The van der Waals surface area contributed by atoms with Crippen molar-refractivity contribution in [1.29, 1.82) is 0 Å². The lowest BCUT2D eigenvalue weighted by Gasteiger charge is -2.29. The zero-order valence-corrected chi connectivity index (χ0v) is 14.3. The summed E-state index contributed by atoms with van der Waals surface area (Å²) >= 11 is 1.22. The zero-order valence-electron chi connectivity index (χ0n) is 13.5. The fourth-order valence-electron chi connectivity index (χ4n) is 3.67. The van der Waals surface area contributed by atoms with E-state index in [1.54, 1.807) is 4.90 Å². The molecule has 8 nitrogen and oxygen atoms in total. The van der Waals surface area contributed by atoms with E-state index in [1.807, 2.05) is 6.92 Å². The molecule has 0 radical (unpaired) electrons. The van der Waals surface area contributed by atoms with Crippen LogP contribution < -0.4 is 0 Å². The SMILES string of the molecule is Cc1snnc1C(=O)N1C[C@@H]2[C@@H](C(=O)N3CCCCO3)CO[C@@H]2C1. The second-order valence-electron chi connectivity index (χ2n) is 6.51. The molecule has 1 aromatic heterocycles. The van der Waals surface area contributed by atoms with Gasteiger partial charge in [-0.15, -0.1) is 5.10 Å². The Balaban J connectivity index is 1.44. The third-order valence-corrected chi connectivity index (χ3v) is 5.65. The van der Waals surface area contributed by atoms with Crippen LogP contribution in [0.1, 0.15) is 28.2 Å². The fraction of sp³-hybridized carbons (Fsp3) is 0.733. The normalized spacial score (nSPS) is 29.8. The summed E-state index contributed by atoms with van der Waals surface area (Å²) in [5, 5.41) is 5.41. The largest absolute Gasteiger partial charge is 0.375 e. The molecule has 0 bridgehead atoms. The van der Waals surface area contributed by atoms with E-state index < -0.39 is 0 Å². The van der Waals surface area contributed by atoms with Gasteiger partial charge in [0.15, 0.2) is 5.69 Å². The Labute approximate surface area is 143 Å². The number of amides is 2. The van der Waals surface area contributed by atoms with Crippen molar-refractivity contribution in [1.82, 2.24) is 19.6 Å². The van der Waals surface area contributed by atoms with Crippen molar-refractivity contribution in [3.8, 4) is 0 Å². The van der Waals surface area contributed by atoms with Gasteiger partial charge in [-0.25, -0.2) is 5.06 Å². The van der Waals surface area contributed by atoms with Crippen molar-refractivity contribution in [3.63, 3.8) is 0 Å². The first-order valence-electron chi connectivity index (χ1n) is 8.29. The highest BCUT2D eigenvalue weighted by Crippen LogP contribution is 2.35. The molecular formula is C15H20N4O4S. The molecule has 0 unspecified atom stereocenters. The van der Waals surface area contributed by atoms with E-state index in [-0.39, 0.29) is 29.8 Å². The minimum Gasteiger partial charge on any atom is -0.375 e. The summed E-state index contributed by atoms with van der Waals surface area (Å²) in [5.74, 6) is -0.345. The van der Waals surface area contributed by atoms with Crippen molar-refractivity contribution in [2.24, 2.45) is 11.8 Å². The lowest BCUT2D eigenvalue weighted by molar-refractivity contribution is -0.202. The average molecular weight is 352 g/mol. The summed E-state index contributed by atoms with van der Waals surface area (Å²) in [6, 6.07) is 0. The predicted octanol–water partition coefficient (Wildman–Crippen LogP) is 0.488. The molecule has 3 aliphatic rings. The van der Waals surface area contributed by atoms with Gasteiger partial charge in [0.05, 0.1) is 30.1 Å². The third kappa shape index (κ3) is 2.70. The smallest absolute Gasteiger partial charge is 0.275 e. The van der Waals surface area contributed by atoms with Gasteiger partial charge in [-0.3, -0.25) is 14.4 Å². The molecule has 0 N–H and O–H groups in total. The molecule has 1 aromatic rings. The van der Waals surface area contributed by atoms with E-state index in [4.69, 9.17) is 9.57 Å². The van der Waals surface area contributed by atoms with E-state index in [0.29, 0.717) is 38.5 Å². The molecule has 3 fully saturated rings. The first-order valence-corrected chi connectivity index (χ1v) is 9.06. The quantitative estimate of drug-likeness (QED) is 0.770. The Morgan fingerprint density at radius 1 is 1.29 bits per heavy atom. The highest BCUT2D eigenvalue weighted by molar-refractivity contribution is 7.05. The molecule has 3 aliphatic heterocycles. The van der Waals surface area contributed by atoms with Crippen molar-refractivity contribution < 1.29 is 19.2 Å². The van der Waals surface area contributed by atoms with Crippen LogP contribution in [0.3, 0.4) is 0 Å². The maximum atomic E-state index is 12.7. The highest BCUT2D eigenvalue weighted by Gasteiger charge is 2.49. The second-order valence-corrected chi connectivity index (χ2v) is 7.47. The van der Waals surface area contributed by atoms with Crippen molar-refractivity contribution in [2.45, 2.75) is 25.9 Å². The van der Waals surface area contributed by atoms with E-state index >= 15 is 0 Å². The van der Waals surface area contributed by atoms with Crippen LogP contribution in [0.5, 0.6) is 0 Å². The summed E-state index contributed by atoms with van der Waals surface area (Å²) in [4.78, 5) is 33.3. The lowest BCUT2D eigenvalue weighted by atomic mass is 9.92. The molecule has 0 saturated carbocycles. The summed E-state index contributed by atoms with van der Waals surface area (Å²) < 4.78 is 9.63. The number of likely N-dealkylation sites (tertiary alicyclic amines) is 1. The number of hydrogen-bond acceptors (Lipinski definition) is 7. The van der Waals surface area contributed by atoms with E-state index in [2.05, 4.69) is 9.59 Å². The predicted molar refractivity (Wildman–Crippen MR) is 84.2 cm³/mol. The van der Waals surface area contributed by atoms with Gasteiger partial charge >= 0.3 is 0 Å². The molecule has 3 atom stereocenters. The summed E-state index contributed by atoms with van der Waals surface area (Å²) in [6.07, 6.45) is 1.87. The van der Waals surface area contributed by atoms with Gasteiger partial charge in [0, 0.05) is 25.6 Å². The Hall–Kier alpha value is -1.58. The fourth-order valence-corrected chi connectivity index (χ4v) is 4.13. The summed E-state index contributed by atoms with van der Waals surface area (Å²) in [6.45, 7) is 4.50. The maximum Gasteiger partial charge on any atom is 0.275 e. The third-order valence-electron chi connectivity index (χ3n) is 5.02. The Morgan fingerprint density at radius 2 is 2.17 bits per heavy atom. The number of rotatable bonds is 2. The Kier molecular flexibility index (Phi) is 4.23. The van der Waals surface area contributed by atoms with Gasteiger partial charge < -0.3 is 9.64 Å². The van der Waals surface area contributed by atoms with Crippen molar-refractivity contribution >= 4 is 23.3 Å². The first kappa shape index (κ1) is 15.9. The van der Waals surface area contributed by atoms with Crippen molar-refractivity contribution in [2.75, 3.05) is 32.8 Å². The van der Waals surface area contributed by atoms with Crippen molar-refractivity contribution in [3.05, 3.63) is 10.6 Å². The molecule has 0 aromatic carbocycles. The van der Waals surface area contributed by atoms with Gasteiger partial charge in [-0.1, -0.05) is 4.49 Å². The molecular weight excluding hydrogens is 332 g/mol. The Bertz CT molecular complexity index is 645. The molecule has 4 rings (SSSR count). The average Bonchev–Trinajstić information content (AvgIpc) is 3.29. The van der Waals surface area contributed by atoms with Crippen LogP contribution >= 0.6 is 11.5 Å². The monoisotopic (exact) mass is 352 g/mol. The number of hydroxylamine groups is 2. The molecule has 4 heterocycles. The second kappa shape index (κ2) is 6.38. The van der Waals surface area contributed by atoms with E-state index in [0.717, 1.165) is 17.7 Å². The molecule has 0 spiro atoms. The molecule has 3 saturated heterocycles. The van der Waals surface area contributed by atoms with Crippen LogP contribution in [-0.2, 0) is 14.4 Å².